The van der Waals surface area contributed by atoms with E-state index in [1.165, 1.54) is 0 Å². The van der Waals surface area contributed by atoms with Gasteiger partial charge in [0.25, 0.3) is 0 Å². The molecule has 1 fully saturated rings. The lowest BCUT2D eigenvalue weighted by Crippen LogP contribution is -2.46. The number of sulfonamides is 1. The normalized spacial score (nSPS) is 19.9. The molecule has 168 valence electrons. The summed E-state index contributed by atoms with van der Waals surface area (Å²) in [6, 6.07) is 9.08. The summed E-state index contributed by atoms with van der Waals surface area (Å²) >= 11 is 1.58. The van der Waals surface area contributed by atoms with Crippen LogP contribution in [0, 0.1) is 0 Å². The maximum Gasteiger partial charge on any atom is 0.243 e. The molecule has 0 N–H and O–H groups in total. The van der Waals surface area contributed by atoms with Gasteiger partial charge in [-0.1, -0.05) is 13.0 Å². The first-order chi connectivity index (χ1) is 14.7. The highest BCUT2D eigenvalue weighted by molar-refractivity contribution is 7.89. The fourth-order valence-electron chi connectivity index (χ4n) is 4.74. The summed E-state index contributed by atoms with van der Waals surface area (Å²) in [4.78, 5) is 18.0. The van der Waals surface area contributed by atoms with E-state index < -0.39 is 15.4 Å². The molecule has 2 aromatic rings. The number of carbonyl (C=O) groups excluding carboxylic acids is 1. The van der Waals surface area contributed by atoms with Gasteiger partial charge in [0.05, 0.1) is 10.3 Å². The topological polar surface area (TPSA) is 60.9 Å². The fourth-order valence-corrected chi connectivity index (χ4v) is 7.21. The van der Waals surface area contributed by atoms with Crippen molar-refractivity contribution >= 4 is 33.0 Å². The number of likely N-dealkylation sites (N-methyl/N-ethyl adjacent to an activating group) is 1. The second-order valence-electron chi connectivity index (χ2n) is 8.96. The number of rotatable bonds is 6. The molecule has 0 saturated carbocycles. The molecule has 1 aromatic heterocycles. The van der Waals surface area contributed by atoms with Crippen LogP contribution in [0.4, 0.5) is 5.69 Å². The van der Waals surface area contributed by atoms with E-state index in [9.17, 15) is 13.2 Å². The van der Waals surface area contributed by atoms with E-state index in [4.69, 9.17) is 0 Å². The molecule has 2 aliphatic rings. The standard InChI is InChI=1S/C23H31N3O3S2/c1-5-25-12-10-17(11-13-25)26(16-18-7-6-14-30-18)31(28,29)19-8-9-21-20(15-19)23(2,3)22(27)24(21)4/h6-9,14-15,17H,5,10-13,16H2,1-4H3. The van der Waals surface area contributed by atoms with Crippen molar-refractivity contribution < 1.29 is 13.2 Å². The summed E-state index contributed by atoms with van der Waals surface area (Å²) in [5, 5.41) is 1.99. The molecule has 4 rings (SSSR count). The van der Waals surface area contributed by atoms with E-state index in [1.807, 2.05) is 31.4 Å². The number of carbonyl (C=O) groups is 1. The Morgan fingerprint density at radius 2 is 1.90 bits per heavy atom. The van der Waals surface area contributed by atoms with E-state index in [0.29, 0.717) is 6.54 Å². The molecule has 8 heteroatoms. The van der Waals surface area contributed by atoms with E-state index in [1.54, 1.807) is 45.8 Å². The van der Waals surface area contributed by atoms with Crippen LogP contribution in [-0.2, 0) is 26.8 Å². The van der Waals surface area contributed by atoms with E-state index >= 15 is 0 Å². The van der Waals surface area contributed by atoms with Gasteiger partial charge in [0.2, 0.25) is 15.9 Å². The van der Waals surface area contributed by atoms with Crippen LogP contribution in [0.25, 0.3) is 0 Å². The molecule has 0 atom stereocenters. The third-order valence-corrected chi connectivity index (χ3v) is 9.51. The first kappa shape index (κ1) is 22.5. The highest BCUT2D eigenvalue weighted by Crippen LogP contribution is 2.42. The summed E-state index contributed by atoms with van der Waals surface area (Å²) in [7, 11) is -1.97. The van der Waals surface area contributed by atoms with Gasteiger partial charge in [-0.2, -0.15) is 4.31 Å². The number of hydrogen-bond donors (Lipinski definition) is 0. The van der Waals surface area contributed by atoms with Crippen LogP contribution in [0.2, 0.25) is 0 Å². The van der Waals surface area contributed by atoms with Gasteiger partial charge in [-0.3, -0.25) is 4.79 Å². The van der Waals surface area contributed by atoms with E-state index in [2.05, 4.69) is 11.8 Å². The highest BCUT2D eigenvalue weighted by atomic mass is 32.2. The van der Waals surface area contributed by atoms with Crippen molar-refractivity contribution in [2.75, 3.05) is 31.6 Å². The molecule has 0 radical (unpaired) electrons. The SMILES string of the molecule is CCN1CCC(N(Cc2cccs2)S(=O)(=O)c2ccc3c(c2)C(C)(C)C(=O)N3C)CC1. The van der Waals surface area contributed by atoms with Crippen molar-refractivity contribution in [3.8, 4) is 0 Å². The van der Waals surface area contributed by atoms with Crippen molar-refractivity contribution in [1.82, 2.24) is 9.21 Å². The lowest BCUT2D eigenvalue weighted by Gasteiger charge is -2.37. The van der Waals surface area contributed by atoms with Crippen LogP contribution in [0.3, 0.4) is 0 Å². The average Bonchev–Trinajstić information content (AvgIpc) is 3.34. The van der Waals surface area contributed by atoms with Gasteiger partial charge in [-0.25, -0.2) is 8.42 Å². The third kappa shape index (κ3) is 3.95. The lowest BCUT2D eigenvalue weighted by molar-refractivity contribution is -0.121. The summed E-state index contributed by atoms with van der Waals surface area (Å²) in [5.41, 5.74) is 0.827. The molecule has 0 unspecified atom stereocenters. The minimum absolute atomic E-state index is 0.0144. The number of hydrogen-bond acceptors (Lipinski definition) is 5. The number of anilines is 1. The quantitative estimate of drug-likeness (QED) is 0.659. The Morgan fingerprint density at radius 3 is 2.52 bits per heavy atom. The maximum absolute atomic E-state index is 13.9. The van der Waals surface area contributed by atoms with Crippen molar-refractivity contribution in [3.05, 3.63) is 46.2 Å². The van der Waals surface area contributed by atoms with E-state index in [0.717, 1.165) is 48.6 Å². The number of amides is 1. The largest absolute Gasteiger partial charge is 0.314 e. The predicted octanol–water partition coefficient (Wildman–Crippen LogP) is 3.68. The Labute approximate surface area is 189 Å². The second-order valence-corrected chi connectivity index (χ2v) is 11.9. The second kappa shape index (κ2) is 8.31. The number of fused-ring (bicyclic) bond motifs is 1. The number of thiophene rings is 1. The molecule has 3 heterocycles. The summed E-state index contributed by atoms with van der Waals surface area (Å²) in [6.07, 6.45) is 1.66. The van der Waals surface area contributed by atoms with Gasteiger partial charge in [0, 0.05) is 30.2 Å². The molecule has 31 heavy (non-hydrogen) atoms. The first-order valence-corrected chi connectivity index (χ1v) is 13.2. The summed E-state index contributed by atoms with van der Waals surface area (Å²) < 4.78 is 29.5. The van der Waals surface area contributed by atoms with Crippen LogP contribution in [0.5, 0.6) is 0 Å². The number of nitrogens with zero attached hydrogens (tertiary/aromatic N) is 3. The summed E-state index contributed by atoms with van der Waals surface area (Å²) in [6.45, 7) is 9.06. The van der Waals surface area contributed by atoms with Crippen molar-refractivity contribution in [1.29, 1.82) is 0 Å². The van der Waals surface area contributed by atoms with Crippen LogP contribution in [-0.4, -0.2) is 56.3 Å². The molecule has 1 amide bonds. The molecule has 6 nitrogen and oxygen atoms in total. The lowest BCUT2D eigenvalue weighted by atomic mass is 9.86. The monoisotopic (exact) mass is 461 g/mol. The van der Waals surface area contributed by atoms with E-state index in [-0.39, 0.29) is 16.8 Å². The molecule has 0 bridgehead atoms. The smallest absolute Gasteiger partial charge is 0.243 e. The molecule has 2 aliphatic heterocycles. The summed E-state index contributed by atoms with van der Waals surface area (Å²) in [5.74, 6) is -0.0144. The van der Waals surface area contributed by atoms with Crippen molar-refractivity contribution in [2.24, 2.45) is 0 Å². The highest BCUT2D eigenvalue weighted by Gasteiger charge is 2.43. The molecular weight excluding hydrogens is 430 g/mol. The third-order valence-electron chi connectivity index (χ3n) is 6.75. The minimum Gasteiger partial charge on any atom is -0.314 e. The zero-order valence-electron chi connectivity index (χ0n) is 18.7. The first-order valence-electron chi connectivity index (χ1n) is 10.9. The maximum atomic E-state index is 13.9. The van der Waals surface area contributed by atoms with Gasteiger partial charge >= 0.3 is 0 Å². The molecule has 0 spiro atoms. The van der Waals surface area contributed by atoms with Crippen molar-refractivity contribution in [3.63, 3.8) is 0 Å². The van der Waals surface area contributed by atoms with Crippen LogP contribution in [0.1, 0.15) is 44.1 Å². The number of piperidine rings is 1. The Bertz CT molecular complexity index is 1060. The molecule has 0 aliphatic carbocycles. The van der Waals surface area contributed by atoms with Crippen LogP contribution < -0.4 is 4.90 Å². The Hall–Kier alpha value is -1.74. The molecule has 1 saturated heterocycles. The van der Waals surface area contributed by atoms with Gasteiger partial charge < -0.3 is 9.80 Å². The van der Waals surface area contributed by atoms with Gasteiger partial charge in [-0.05, 0) is 81.5 Å². The minimum atomic E-state index is -3.72. The number of likely N-dealkylation sites (tertiary alicyclic amines) is 1. The predicted molar refractivity (Wildman–Crippen MR) is 125 cm³/mol. The van der Waals surface area contributed by atoms with Gasteiger partial charge in [0.1, 0.15) is 0 Å². The Balaban J connectivity index is 1.71. The average molecular weight is 462 g/mol. The Morgan fingerprint density at radius 1 is 1.19 bits per heavy atom. The van der Waals surface area contributed by atoms with Gasteiger partial charge in [-0.15, -0.1) is 11.3 Å². The molecule has 1 aromatic carbocycles. The zero-order valence-corrected chi connectivity index (χ0v) is 20.3. The molecular formula is C23H31N3O3S2. The van der Waals surface area contributed by atoms with Crippen LogP contribution in [0.15, 0.2) is 40.6 Å². The fraction of sp³-hybridized carbons (Fsp3) is 0.522. The van der Waals surface area contributed by atoms with Gasteiger partial charge in [0.15, 0.2) is 0 Å². The van der Waals surface area contributed by atoms with Crippen molar-refractivity contribution in [2.45, 2.75) is 56.5 Å². The Kier molecular flexibility index (Phi) is 6.02. The van der Waals surface area contributed by atoms with Crippen LogP contribution >= 0.6 is 11.3 Å². The number of benzene rings is 1. The zero-order chi connectivity index (χ0) is 22.4.